The Morgan fingerprint density at radius 3 is 2.07 bits per heavy atom. The monoisotopic (exact) mass is 780 g/mol. The molecule has 55 heavy (non-hydrogen) atoms. The molecular weight excluding hydrogens is 729 g/mol. The second-order valence-corrected chi connectivity index (χ2v) is 14.8. The summed E-state index contributed by atoms with van der Waals surface area (Å²) in [5.41, 5.74) is 1.54. The lowest BCUT2D eigenvalue weighted by atomic mass is 9.88. The van der Waals surface area contributed by atoms with E-state index in [4.69, 9.17) is 9.57 Å². The smallest absolute Gasteiger partial charge is 0.408 e. The Bertz CT molecular complexity index is 1590. The highest BCUT2D eigenvalue weighted by molar-refractivity contribution is 7.98. The first-order chi connectivity index (χ1) is 26.4. The number of amides is 5. The van der Waals surface area contributed by atoms with Crippen LogP contribution in [0.25, 0.3) is 0 Å². The van der Waals surface area contributed by atoms with Crippen LogP contribution in [0, 0.1) is 17.8 Å². The molecule has 0 aromatic heterocycles. The summed E-state index contributed by atoms with van der Waals surface area (Å²) in [6, 6.07) is 15.9. The van der Waals surface area contributed by atoms with Crippen molar-refractivity contribution in [2.45, 2.75) is 90.3 Å². The van der Waals surface area contributed by atoms with E-state index in [0.29, 0.717) is 35.5 Å². The van der Waals surface area contributed by atoms with Gasteiger partial charge in [0.25, 0.3) is 11.8 Å². The van der Waals surface area contributed by atoms with Gasteiger partial charge in [-0.2, -0.15) is 11.8 Å². The first kappa shape index (κ1) is 44.3. The number of rotatable bonds is 24. The van der Waals surface area contributed by atoms with Crippen LogP contribution in [0.4, 0.5) is 4.79 Å². The number of aldehydes is 1. The third kappa shape index (κ3) is 15.7. The van der Waals surface area contributed by atoms with E-state index < -0.39 is 53.7 Å². The van der Waals surface area contributed by atoms with Crippen LogP contribution >= 0.6 is 11.8 Å². The summed E-state index contributed by atoms with van der Waals surface area (Å²) in [5, 5.41) is 8.53. The van der Waals surface area contributed by atoms with Crippen molar-refractivity contribution >= 4 is 59.5 Å². The number of hydroxylamine groups is 2. The molecule has 2 aromatic carbocycles. The van der Waals surface area contributed by atoms with Crippen LogP contribution in [0.1, 0.15) is 76.3 Å². The highest BCUT2D eigenvalue weighted by atomic mass is 32.2. The van der Waals surface area contributed by atoms with Crippen LogP contribution in [-0.2, 0) is 56.2 Å². The number of imide groups is 1. The van der Waals surface area contributed by atoms with Gasteiger partial charge in [-0.05, 0) is 61.2 Å². The third-order valence-corrected chi connectivity index (χ3v) is 9.57. The number of nitrogens with one attached hydrogen (secondary N) is 3. The van der Waals surface area contributed by atoms with Crippen molar-refractivity contribution in [2.24, 2.45) is 17.8 Å². The predicted molar refractivity (Wildman–Crippen MR) is 205 cm³/mol. The van der Waals surface area contributed by atoms with Crippen molar-refractivity contribution in [1.29, 1.82) is 0 Å². The minimum atomic E-state index is -1.33. The van der Waals surface area contributed by atoms with Gasteiger partial charge in [0.15, 0.2) is 5.78 Å². The van der Waals surface area contributed by atoms with Gasteiger partial charge in [0, 0.05) is 44.1 Å². The van der Waals surface area contributed by atoms with E-state index in [1.54, 1.807) is 36.0 Å². The second-order valence-electron chi connectivity index (χ2n) is 13.8. The summed E-state index contributed by atoms with van der Waals surface area (Å²) < 4.78 is 5.25. The van der Waals surface area contributed by atoms with Crippen molar-refractivity contribution in [2.75, 3.05) is 18.6 Å². The molecule has 2 aromatic rings. The molecule has 1 heterocycles. The molecule has 0 saturated carbocycles. The molecule has 3 N–H and O–H groups in total. The SMILES string of the molecule is CSCC[C@H](CC=O)C(=O)N[C@@H](CC(C)C)C(=O)C[C@@H](Cc1ccccc1)C(=O)NCCC[C@H](NC(=O)OCc1ccccc1)C(=O)ON1C(=O)CCC1=O. The van der Waals surface area contributed by atoms with Gasteiger partial charge in [-0.1, -0.05) is 74.5 Å². The average Bonchev–Trinajstić information content (AvgIpc) is 3.48. The van der Waals surface area contributed by atoms with E-state index in [1.807, 2.05) is 56.5 Å². The fourth-order valence-electron chi connectivity index (χ4n) is 5.93. The summed E-state index contributed by atoms with van der Waals surface area (Å²) in [5.74, 6) is -4.14. The lowest BCUT2D eigenvalue weighted by molar-refractivity contribution is -0.199. The zero-order valence-electron chi connectivity index (χ0n) is 31.7. The van der Waals surface area contributed by atoms with Crippen LogP contribution < -0.4 is 16.0 Å². The Morgan fingerprint density at radius 2 is 1.47 bits per heavy atom. The first-order valence-electron chi connectivity index (χ1n) is 18.5. The molecule has 0 bridgehead atoms. The molecule has 4 atom stereocenters. The fraction of sp³-hybridized carbons (Fsp3) is 0.500. The molecule has 0 radical (unpaired) electrons. The lowest BCUT2D eigenvalue weighted by Gasteiger charge is -2.25. The van der Waals surface area contributed by atoms with Crippen LogP contribution in [-0.4, -0.2) is 83.5 Å². The standard InChI is InChI=1S/C40H52N4O10S/c1-27(2)23-33(42-38(50)30(18-21-45)19-22-55-3)34(46)25-31(24-28-11-6-4-7-12-28)37(49)41-20-10-15-32(39(51)54-44-35(47)16-17-36(44)48)43-40(52)53-26-29-13-8-5-9-14-29/h4-9,11-14,21,27,30-33H,10,15-20,22-26H2,1-3H3,(H,41,49)(H,42,50)(H,43,52)/t30-,31+,32-,33-/m0/s1. The van der Waals surface area contributed by atoms with E-state index >= 15 is 0 Å². The van der Waals surface area contributed by atoms with Gasteiger partial charge in [0.1, 0.15) is 18.9 Å². The number of hydrogen-bond acceptors (Lipinski definition) is 11. The molecule has 0 spiro atoms. The highest BCUT2D eigenvalue weighted by Crippen LogP contribution is 2.19. The number of carbonyl (C=O) groups excluding carboxylic acids is 8. The maximum absolute atomic E-state index is 13.8. The van der Waals surface area contributed by atoms with Gasteiger partial charge >= 0.3 is 12.1 Å². The second kappa shape index (κ2) is 23.7. The number of hydrogen-bond donors (Lipinski definition) is 3. The number of Topliss-reactive ketones (excluding diaryl/α,β-unsaturated/α-hetero) is 1. The van der Waals surface area contributed by atoms with Crippen LogP contribution in [0.5, 0.6) is 0 Å². The van der Waals surface area contributed by atoms with Gasteiger partial charge in [-0.25, -0.2) is 9.59 Å². The Balaban J connectivity index is 1.68. The van der Waals surface area contributed by atoms with Crippen LogP contribution in [0.15, 0.2) is 60.7 Å². The Hall–Kier alpha value is -5.05. The summed E-state index contributed by atoms with van der Waals surface area (Å²) in [6.07, 6.45) is 2.54. The minimum absolute atomic E-state index is 0.0411. The predicted octanol–water partition coefficient (Wildman–Crippen LogP) is 4.09. The Kier molecular flexibility index (Phi) is 19.1. The quantitative estimate of drug-likeness (QED) is 0.0789. The van der Waals surface area contributed by atoms with Crippen molar-refractivity contribution < 1.29 is 47.9 Å². The summed E-state index contributed by atoms with van der Waals surface area (Å²) in [7, 11) is 0. The number of ketones is 1. The fourth-order valence-corrected chi connectivity index (χ4v) is 6.46. The minimum Gasteiger partial charge on any atom is -0.445 e. The largest absolute Gasteiger partial charge is 0.445 e. The maximum Gasteiger partial charge on any atom is 0.408 e. The molecule has 1 fully saturated rings. The molecule has 1 saturated heterocycles. The van der Waals surface area contributed by atoms with Crippen molar-refractivity contribution in [1.82, 2.24) is 21.0 Å². The van der Waals surface area contributed by atoms with Crippen LogP contribution in [0.3, 0.4) is 0 Å². The number of nitrogens with zero attached hydrogens (tertiary/aromatic N) is 1. The van der Waals surface area contributed by atoms with E-state index in [0.717, 1.165) is 5.56 Å². The molecular formula is C40H52N4O10S. The molecule has 0 unspecified atom stereocenters. The van der Waals surface area contributed by atoms with Crippen LogP contribution in [0.2, 0.25) is 0 Å². The molecule has 298 valence electrons. The number of alkyl carbamates (subject to hydrolysis) is 1. The van der Waals surface area contributed by atoms with Gasteiger partial charge < -0.3 is 30.3 Å². The van der Waals surface area contributed by atoms with E-state index in [1.165, 1.54) is 0 Å². The van der Waals surface area contributed by atoms with E-state index in [-0.39, 0.29) is 75.7 Å². The zero-order chi connectivity index (χ0) is 40.2. The highest BCUT2D eigenvalue weighted by Gasteiger charge is 2.36. The summed E-state index contributed by atoms with van der Waals surface area (Å²) in [6.45, 7) is 3.82. The maximum atomic E-state index is 13.8. The number of thioether (sulfide) groups is 1. The Labute approximate surface area is 326 Å². The number of carbonyl (C=O) groups is 8. The van der Waals surface area contributed by atoms with Gasteiger partial charge in [-0.15, -0.1) is 5.06 Å². The van der Waals surface area contributed by atoms with Crippen molar-refractivity contribution in [3.8, 4) is 0 Å². The van der Waals surface area contributed by atoms with Gasteiger partial charge in [0.2, 0.25) is 11.8 Å². The topological polar surface area (TPSA) is 194 Å². The summed E-state index contributed by atoms with van der Waals surface area (Å²) >= 11 is 1.56. The van der Waals surface area contributed by atoms with Gasteiger partial charge in [-0.3, -0.25) is 24.0 Å². The van der Waals surface area contributed by atoms with Crippen molar-refractivity contribution in [3.63, 3.8) is 0 Å². The third-order valence-electron chi connectivity index (χ3n) is 8.92. The molecule has 1 aliphatic heterocycles. The zero-order valence-corrected chi connectivity index (χ0v) is 32.5. The first-order valence-corrected chi connectivity index (χ1v) is 19.9. The molecule has 1 aliphatic rings. The number of ether oxygens (including phenoxy) is 1. The average molecular weight is 781 g/mol. The molecule has 15 heteroatoms. The molecule has 3 rings (SSSR count). The lowest BCUT2D eigenvalue weighted by Crippen LogP contribution is -2.46. The molecule has 14 nitrogen and oxygen atoms in total. The number of benzene rings is 2. The van der Waals surface area contributed by atoms with E-state index in [9.17, 15) is 38.4 Å². The molecule has 0 aliphatic carbocycles. The van der Waals surface area contributed by atoms with E-state index in [2.05, 4.69) is 16.0 Å². The molecule has 5 amide bonds. The van der Waals surface area contributed by atoms with Crippen molar-refractivity contribution in [3.05, 3.63) is 71.8 Å². The van der Waals surface area contributed by atoms with Gasteiger partial charge in [0.05, 0.1) is 6.04 Å². The normalized spacial score (nSPS) is 14.7. The summed E-state index contributed by atoms with van der Waals surface area (Å²) in [4.78, 5) is 107. The Morgan fingerprint density at radius 1 is 0.836 bits per heavy atom.